The minimum absolute atomic E-state index is 0.0683. The first kappa shape index (κ1) is 19.3. The highest BCUT2D eigenvalue weighted by Gasteiger charge is 2.12. The van der Waals surface area contributed by atoms with E-state index in [-0.39, 0.29) is 13.2 Å². The van der Waals surface area contributed by atoms with Gasteiger partial charge in [-0.2, -0.15) is 0 Å². The Balaban J connectivity index is 1.70. The van der Waals surface area contributed by atoms with Crippen molar-refractivity contribution in [2.45, 2.75) is 20.5 Å². The minimum atomic E-state index is -0.591. The summed E-state index contributed by atoms with van der Waals surface area (Å²) in [5.74, 6) is -0.263. The molecule has 0 atom stereocenters. The third kappa shape index (κ3) is 4.43. The van der Waals surface area contributed by atoms with Gasteiger partial charge < -0.3 is 13.9 Å². The van der Waals surface area contributed by atoms with Crippen LogP contribution in [-0.4, -0.2) is 12.6 Å². The maximum Gasteiger partial charge on any atom is 0.344 e. The molecule has 140 valence electrons. The molecule has 0 N–H and O–H groups in total. The van der Waals surface area contributed by atoms with Crippen LogP contribution in [0, 0.1) is 13.8 Å². The SMILES string of the molecule is Cc1ccc2c(COC(=O)COc3ccc(Cl)cc3Cl)cc(=O)oc2c1C. The highest BCUT2D eigenvalue weighted by atomic mass is 35.5. The first-order valence-corrected chi connectivity index (χ1v) is 8.87. The van der Waals surface area contributed by atoms with Crippen LogP contribution >= 0.6 is 23.2 Å². The molecule has 1 aromatic heterocycles. The van der Waals surface area contributed by atoms with Crippen LogP contribution in [0.2, 0.25) is 10.0 Å². The summed E-state index contributed by atoms with van der Waals surface area (Å²) in [4.78, 5) is 23.8. The molecule has 0 spiro atoms. The van der Waals surface area contributed by atoms with Crippen LogP contribution in [-0.2, 0) is 16.1 Å². The Bertz CT molecular complexity index is 1070. The number of benzene rings is 2. The lowest BCUT2D eigenvalue weighted by molar-refractivity contribution is -0.147. The van der Waals surface area contributed by atoms with Gasteiger partial charge in [0.15, 0.2) is 6.61 Å². The van der Waals surface area contributed by atoms with E-state index in [0.717, 1.165) is 16.5 Å². The highest BCUT2D eigenvalue weighted by molar-refractivity contribution is 6.35. The summed E-state index contributed by atoms with van der Waals surface area (Å²) in [6, 6.07) is 9.78. The van der Waals surface area contributed by atoms with Crippen LogP contribution in [0.4, 0.5) is 0 Å². The van der Waals surface area contributed by atoms with Crippen molar-refractivity contribution in [3.05, 3.63) is 73.6 Å². The number of esters is 1. The molecule has 0 saturated carbocycles. The maximum atomic E-state index is 12.0. The van der Waals surface area contributed by atoms with Crippen molar-refractivity contribution in [3.63, 3.8) is 0 Å². The van der Waals surface area contributed by atoms with Gasteiger partial charge in [0.05, 0.1) is 5.02 Å². The number of ether oxygens (including phenoxy) is 2. The average Bonchev–Trinajstić information content (AvgIpc) is 2.62. The smallest absolute Gasteiger partial charge is 0.344 e. The van der Waals surface area contributed by atoms with E-state index in [1.807, 2.05) is 26.0 Å². The van der Waals surface area contributed by atoms with Gasteiger partial charge in [0.1, 0.15) is 17.9 Å². The summed E-state index contributed by atoms with van der Waals surface area (Å²) in [5.41, 5.74) is 2.46. The number of halogens is 2. The zero-order chi connectivity index (χ0) is 19.6. The molecule has 0 radical (unpaired) electrons. The van der Waals surface area contributed by atoms with Gasteiger partial charge in [0, 0.05) is 22.0 Å². The first-order valence-electron chi connectivity index (χ1n) is 8.11. The number of hydrogen-bond donors (Lipinski definition) is 0. The van der Waals surface area contributed by atoms with Crippen LogP contribution in [0.3, 0.4) is 0 Å². The van der Waals surface area contributed by atoms with Gasteiger partial charge in [-0.25, -0.2) is 9.59 Å². The van der Waals surface area contributed by atoms with Gasteiger partial charge in [-0.15, -0.1) is 0 Å². The van der Waals surface area contributed by atoms with Crippen molar-refractivity contribution in [1.29, 1.82) is 0 Å². The lowest BCUT2D eigenvalue weighted by Gasteiger charge is -2.11. The topological polar surface area (TPSA) is 65.7 Å². The molecule has 5 nitrogen and oxygen atoms in total. The Labute approximate surface area is 165 Å². The van der Waals surface area contributed by atoms with Crippen molar-refractivity contribution in [2.24, 2.45) is 0 Å². The zero-order valence-corrected chi connectivity index (χ0v) is 16.2. The summed E-state index contributed by atoms with van der Waals surface area (Å²) < 4.78 is 15.9. The van der Waals surface area contributed by atoms with E-state index in [2.05, 4.69) is 0 Å². The molecule has 0 unspecified atom stereocenters. The van der Waals surface area contributed by atoms with E-state index in [0.29, 0.717) is 26.9 Å². The quantitative estimate of drug-likeness (QED) is 0.447. The lowest BCUT2D eigenvalue weighted by Crippen LogP contribution is -2.15. The van der Waals surface area contributed by atoms with Crippen molar-refractivity contribution in [2.75, 3.05) is 6.61 Å². The normalized spacial score (nSPS) is 10.8. The fourth-order valence-electron chi connectivity index (χ4n) is 2.57. The Kier molecular flexibility index (Phi) is 5.73. The average molecular weight is 407 g/mol. The molecular weight excluding hydrogens is 391 g/mol. The predicted molar refractivity (Wildman–Crippen MR) is 104 cm³/mol. The largest absolute Gasteiger partial charge is 0.480 e. The van der Waals surface area contributed by atoms with Gasteiger partial charge in [0.25, 0.3) is 0 Å². The zero-order valence-electron chi connectivity index (χ0n) is 14.7. The van der Waals surface area contributed by atoms with Crippen LogP contribution < -0.4 is 10.4 Å². The fraction of sp³-hybridized carbons (Fsp3) is 0.200. The highest BCUT2D eigenvalue weighted by Crippen LogP contribution is 2.27. The molecular formula is C20H16Cl2O5. The van der Waals surface area contributed by atoms with E-state index in [1.54, 1.807) is 12.1 Å². The Hall–Kier alpha value is -2.50. The van der Waals surface area contributed by atoms with Crippen LogP contribution in [0.5, 0.6) is 5.75 Å². The Morgan fingerprint density at radius 3 is 2.63 bits per heavy atom. The second kappa shape index (κ2) is 8.03. The second-order valence-corrected chi connectivity index (χ2v) is 6.84. The summed E-state index contributed by atoms with van der Waals surface area (Å²) in [6.45, 7) is 3.42. The van der Waals surface area contributed by atoms with Gasteiger partial charge in [0.2, 0.25) is 0 Å². The molecule has 0 amide bonds. The Morgan fingerprint density at radius 1 is 1.11 bits per heavy atom. The molecule has 3 aromatic rings. The molecule has 1 heterocycles. The van der Waals surface area contributed by atoms with Crippen LogP contribution in [0.1, 0.15) is 16.7 Å². The minimum Gasteiger partial charge on any atom is -0.480 e. The third-order valence-corrected chi connectivity index (χ3v) is 4.68. The summed E-state index contributed by atoms with van der Waals surface area (Å²) in [7, 11) is 0. The van der Waals surface area contributed by atoms with Gasteiger partial charge >= 0.3 is 11.6 Å². The van der Waals surface area contributed by atoms with Crippen molar-refractivity contribution in [1.82, 2.24) is 0 Å². The summed E-state index contributed by atoms with van der Waals surface area (Å²) in [6.07, 6.45) is 0. The molecule has 0 fully saturated rings. The van der Waals surface area contributed by atoms with Crippen molar-refractivity contribution >= 4 is 40.1 Å². The van der Waals surface area contributed by atoms with Gasteiger partial charge in [-0.1, -0.05) is 35.3 Å². The maximum absolute atomic E-state index is 12.0. The molecule has 0 aliphatic rings. The lowest BCUT2D eigenvalue weighted by atomic mass is 10.0. The number of aryl methyl sites for hydroxylation is 2. The van der Waals surface area contributed by atoms with E-state index >= 15 is 0 Å². The van der Waals surface area contributed by atoms with Crippen LogP contribution in [0.25, 0.3) is 11.0 Å². The monoisotopic (exact) mass is 406 g/mol. The second-order valence-electron chi connectivity index (χ2n) is 6.00. The number of carbonyl (C=O) groups excluding carboxylic acids is 1. The fourth-order valence-corrected chi connectivity index (χ4v) is 3.04. The number of hydrogen-bond acceptors (Lipinski definition) is 5. The first-order chi connectivity index (χ1) is 12.8. The third-order valence-electron chi connectivity index (χ3n) is 4.15. The molecule has 2 aromatic carbocycles. The van der Waals surface area contributed by atoms with E-state index in [1.165, 1.54) is 12.1 Å². The predicted octanol–water partition coefficient (Wildman–Crippen LogP) is 4.84. The summed E-state index contributed by atoms with van der Waals surface area (Å²) in [5, 5.41) is 1.50. The van der Waals surface area contributed by atoms with E-state index in [4.69, 9.17) is 37.1 Å². The van der Waals surface area contributed by atoms with Gasteiger partial charge in [-0.3, -0.25) is 0 Å². The number of rotatable bonds is 5. The van der Waals surface area contributed by atoms with Crippen molar-refractivity contribution < 1.29 is 18.7 Å². The van der Waals surface area contributed by atoms with Gasteiger partial charge in [-0.05, 0) is 43.2 Å². The molecule has 0 aliphatic heterocycles. The Morgan fingerprint density at radius 2 is 1.89 bits per heavy atom. The summed E-state index contributed by atoms with van der Waals surface area (Å²) >= 11 is 11.8. The molecule has 27 heavy (non-hydrogen) atoms. The standard InChI is InChI=1S/C20H16Cl2O5/c1-11-3-5-15-13(7-18(23)27-20(15)12(11)2)9-26-19(24)10-25-17-6-4-14(21)8-16(17)22/h3-8H,9-10H2,1-2H3. The molecule has 7 heteroatoms. The van der Waals surface area contributed by atoms with E-state index < -0.39 is 11.6 Å². The molecule has 3 rings (SSSR count). The number of fused-ring (bicyclic) bond motifs is 1. The van der Waals surface area contributed by atoms with Crippen LogP contribution in [0.15, 0.2) is 45.6 Å². The molecule has 0 saturated heterocycles. The van der Waals surface area contributed by atoms with E-state index in [9.17, 15) is 9.59 Å². The molecule has 0 bridgehead atoms. The number of carbonyl (C=O) groups is 1. The molecule has 0 aliphatic carbocycles. The van der Waals surface area contributed by atoms with Crippen molar-refractivity contribution in [3.8, 4) is 5.75 Å².